The monoisotopic (exact) mass is 431 g/mol. The molecule has 0 saturated carbocycles. The molecule has 0 aliphatic carbocycles. The smallest absolute Gasteiger partial charge is 0.269 e. The lowest BCUT2D eigenvalue weighted by Crippen LogP contribution is -2.47. The molecule has 32 heavy (non-hydrogen) atoms. The lowest BCUT2D eigenvalue weighted by Gasteiger charge is -2.36. The Morgan fingerprint density at radius 2 is 1.53 bits per heavy atom. The van der Waals surface area contributed by atoms with Gasteiger partial charge in [0.1, 0.15) is 18.4 Å². The van der Waals surface area contributed by atoms with Gasteiger partial charge < -0.3 is 14.5 Å². The number of benzene rings is 2. The van der Waals surface area contributed by atoms with E-state index >= 15 is 0 Å². The first-order chi connectivity index (χ1) is 15.6. The molecular weight excluding hydrogens is 410 g/mol. The molecule has 2 aromatic heterocycles. The third-order valence-corrected chi connectivity index (χ3v) is 5.67. The predicted molar refractivity (Wildman–Crippen MR) is 121 cm³/mol. The molecule has 2 aromatic carbocycles. The maximum atomic E-state index is 10.9. The Bertz CT molecular complexity index is 1250. The van der Waals surface area contributed by atoms with E-state index in [9.17, 15) is 10.1 Å². The van der Waals surface area contributed by atoms with E-state index < -0.39 is 0 Å². The summed E-state index contributed by atoms with van der Waals surface area (Å²) >= 11 is 0. The Hall–Kier alpha value is -4.21. The molecule has 10 heteroatoms. The number of ether oxygens (including phenoxy) is 1. The van der Waals surface area contributed by atoms with Crippen LogP contribution in [0.5, 0.6) is 5.75 Å². The van der Waals surface area contributed by atoms with E-state index in [1.165, 1.54) is 0 Å². The number of nitro benzene ring substituents is 1. The highest BCUT2D eigenvalue weighted by atomic mass is 16.6. The minimum absolute atomic E-state index is 0.100. The predicted octanol–water partition coefficient (Wildman–Crippen LogP) is 3.06. The molecule has 0 atom stereocenters. The Labute approximate surface area is 183 Å². The van der Waals surface area contributed by atoms with Gasteiger partial charge in [0, 0.05) is 49.7 Å². The van der Waals surface area contributed by atoms with Crippen LogP contribution in [0.3, 0.4) is 0 Å². The summed E-state index contributed by atoms with van der Waals surface area (Å²) in [7, 11) is 1.64. The van der Waals surface area contributed by atoms with Gasteiger partial charge in [-0.1, -0.05) is 0 Å². The van der Waals surface area contributed by atoms with Crippen molar-refractivity contribution in [2.75, 3.05) is 43.1 Å². The highest BCUT2D eigenvalue weighted by Gasteiger charge is 2.22. The quantitative estimate of drug-likeness (QED) is 0.351. The number of methoxy groups -OCH3 is 1. The molecule has 0 N–H and O–H groups in total. The van der Waals surface area contributed by atoms with Crippen molar-refractivity contribution >= 4 is 28.4 Å². The largest absolute Gasteiger partial charge is 0.497 e. The van der Waals surface area contributed by atoms with Crippen LogP contribution in [0.4, 0.5) is 17.2 Å². The van der Waals surface area contributed by atoms with E-state index in [1.54, 1.807) is 44.0 Å². The molecule has 0 spiro atoms. The fourth-order valence-corrected chi connectivity index (χ4v) is 3.95. The van der Waals surface area contributed by atoms with Gasteiger partial charge in [0.25, 0.3) is 5.69 Å². The first-order valence-corrected chi connectivity index (χ1v) is 10.2. The van der Waals surface area contributed by atoms with E-state index in [0.717, 1.165) is 60.3 Å². The Balaban J connectivity index is 1.35. The number of hydrogen-bond acceptors (Lipinski definition) is 8. The summed E-state index contributed by atoms with van der Waals surface area (Å²) in [5, 5.41) is 10.9. The number of non-ortho nitro benzene ring substituents is 1. The van der Waals surface area contributed by atoms with Gasteiger partial charge in [-0.05, 0) is 36.4 Å². The van der Waals surface area contributed by atoms with Crippen LogP contribution in [0.25, 0.3) is 16.9 Å². The Morgan fingerprint density at radius 1 is 0.875 bits per heavy atom. The van der Waals surface area contributed by atoms with E-state index in [0.29, 0.717) is 0 Å². The molecule has 10 nitrogen and oxygen atoms in total. The number of hydrogen-bond donors (Lipinski definition) is 0. The lowest BCUT2D eigenvalue weighted by atomic mass is 10.2. The van der Waals surface area contributed by atoms with Crippen LogP contribution in [-0.4, -0.2) is 57.7 Å². The highest BCUT2D eigenvalue weighted by molar-refractivity contribution is 5.84. The fourth-order valence-electron chi connectivity index (χ4n) is 3.95. The van der Waals surface area contributed by atoms with Crippen LogP contribution in [0.2, 0.25) is 0 Å². The fraction of sp³-hybridized carbons (Fsp3) is 0.227. The van der Waals surface area contributed by atoms with Crippen LogP contribution >= 0.6 is 0 Å². The van der Waals surface area contributed by atoms with E-state index in [4.69, 9.17) is 4.74 Å². The summed E-state index contributed by atoms with van der Waals surface area (Å²) in [6.07, 6.45) is 3.33. The molecule has 0 unspecified atom stereocenters. The molecule has 1 aliphatic rings. The molecule has 3 heterocycles. The standard InChI is InChI=1S/C22H21N7O3/c1-32-19-8-6-17(7-9-19)28-15-25-20-21(23-14-24-22(20)28)27-12-10-26(11-13-27)16-2-4-18(5-3-16)29(30)31/h2-9,14-15H,10-13H2,1H3. The number of nitro groups is 1. The van der Waals surface area contributed by atoms with Crippen molar-refractivity contribution in [1.29, 1.82) is 0 Å². The topological polar surface area (TPSA) is 102 Å². The first-order valence-electron chi connectivity index (χ1n) is 10.2. The maximum Gasteiger partial charge on any atom is 0.269 e. The number of piperazine rings is 1. The van der Waals surface area contributed by atoms with Crippen LogP contribution in [0, 0.1) is 10.1 Å². The molecule has 0 bridgehead atoms. The summed E-state index contributed by atoms with van der Waals surface area (Å²) in [5.41, 5.74) is 3.53. The molecule has 5 rings (SSSR count). The zero-order valence-electron chi connectivity index (χ0n) is 17.5. The zero-order valence-corrected chi connectivity index (χ0v) is 17.5. The summed E-state index contributed by atoms with van der Waals surface area (Å²) in [6.45, 7) is 3.09. The second kappa shape index (κ2) is 8.14. The van der Waals surface area contributed by atoms with E-state index in [-0.39, 0.29) is 10.6 Å². The average molecular weight is 431 g/mol. The average Bonchev–Trinajstić information content (AvgIpc) is 3.29. The molecule has 1 fully saturated rings. The number of rotatable bonds is 5. The Morgan fingerprint density at radius 3 is 2.19 bits per heavy atom. The molecule has 4 aromatic rings. The summed E-state index contributed by atoms with van der Waals surface area (Å²) in [4.78, 5) is 28.5. The van der Waals surface area contributed by atoms with Crippen molar-refractivity contribution in [3.8, 4) is 11.4 Å². The molecule has 0 amide bonds. The number of aromatic nitrogens is 4. The van der Waals surface area contributed by atoms with Crippen LogP contribution in [-0.2, 0) is 0 Å². The third kappa shape index (κ3) is 3.55. The van der Waals surface area contributed by atoms with Crippen molar-refractivity contribution in [1.82, 2.24) is 19.5 Å². The van der Waals surface area contributed by atoms with Gasteiger partial charge in [0.2, 0.25) is 0 Å². The molecular formula is C22H21N7O3. The molecule has 162 valence electrons. The second-order valence-corrected chi connectivity index (χ2v) is 7.43. The normalized spacial score (nSPS) is 14.0. The van der Waals surface area contributed by atoms with Gasteiger partial charge >= 0.3 is 0 Å². The van der Waals surface area contributed by atoms with Gasteiger partial charge in [-0.3, -0.25) is 14.7 Å². The maximum absolute atomic E-state index is 10.9. The van der Waals surface area contributed by atoms with Gasteiger partial charge in [-0.2, -0.15) is 0 Å². The van der Waals surface area contributed by atoms with Crippen molar-refractivity contribution in [2.45, 2.75) is 0 Å². The van der Waals surface area contributed by atoms with Crippen LogP contribution < -0.4 is 14.5 Å². The van der Waals surface area contributed by atoms with Crippen molar-refractivity contribution in [3.05, 3.63) is 71.3 Å². The third-order valence-electron chi connectivity index (χ3n) is 5.67. The molecule has 0 radical (unpaired) electrons. The van der Waals surface area contributed by atoms with Gasteiger partial charge in [0.05, 0.1) is 12.0 Å². The number of nitrogens with zero attached hydrogens (tertiary/aromatic N) is 7. The lowest BCUT2D eigenvalue weighted by molar-refractivity contribution is -0.384. The zero-order chi connectivity index (χ0) is 22.1. The highest BCUT2D eigenvalue weighted by Crippen LogP contribution is 2.27. The van der Waals surface area contributed by atoms with Crippen molar-refractivity contribution in [2.24, 2.45) is 0 Å². The summed E-state index contributed by atoms with van der Waals surface area (Å²) < 4.78 is 7.18. The minimum atomic E-state index is -0.382. The van der Waals surface area contributed by atoms with E-state index in [2.05, 4.69) is 24.8 Å². The summed E-state index contributed by atoms with van der Waals surface area (Å²) in [5.74, 6) is 1.60. The van der Waals surface area contributed by atoms with E-state index in [1.807, 2.05) is 28.8 Å². The number of anilines is 2. The van der Waals surface area contributed by atoms with Gasteiger partial charge in [-0.15, -0.1) is 0 Å². The Kier molecular flexibility index (Phi) is 5.02. The van der Waals surface area contributed by atoms with Crippen LogP contribution in [0.15, 0.2) is 61.2 Å². The first kappa shape index (κ1) is 19.7. The van der Waals surface area contributed by atoms with Gasteiger partial charge in [-0.25, -0.2) is 15.0 Å². The molecule has 1 aliphatic heterocycles. The SMILES string of the molecule is COc1ccc(-n2cnc3c(N4CCN(c5ccc([N+](=O)[O-])cc5)CC4)ncnc32)cc1. The van der Waals surface area contributed by atoms with Gasteiger partial charge in [0.15, 0.2) is 17.0 Å². The van der Waals surface area contributed by atoms with Crippen molar-refractivity contribution in [3.63, 3.8) is 0 Å². The summed E-state index contributed by atoms with van der Waals surface area (Å²) in [6, 6.07) is 14.4. The second-order valence-electron chi connectivity index (χ2n) is 7.43. The minimum Gasteiger partial charge on any atom is -0.497 e. The number of fused-ring (bicyclic) bond motifs is 1. The number of imidazole rings is 1. The molecule has 1 saturated heterocycles. The van der Waals surface area contributed by atoms with Crippen LogP contribution in [0.1, 0.15) is 0 Å². The van der Waals surface area contributed by atoms with Crippen molar-refractivity contribution < 1.29 is 9.66 Å².